The maximum Gasteiger partial charge on any atom is 0.286 e. The van der Waals surface area contributed by atoms with Gasteiger partial charge < -0.3 is 15.4 Å². The molecule has 0 unspecified atom stereocenters. The van der Waals surface area contributed by atoms with Crippen LogP contribution in [0.1, 0.15) is 30.7 Å². The van der Waals surface area contributed by atoms with Crippen LogP contribution in [0.15, 0.2) is 72.8 Å². The van der Waals surface area contributed by atoms with Gasteiger partial charge in [0, 0.05) is 22.8 Å². The van der Waals surface area contributed by atoms with E-state index in [4.69, 9.17) is 16.3 Å². The van der Waals surface area contributed by atoms with Crippen LogP contribution < -0.4 is 15.4 Å². The molecule has 3 aromatic carbocycles. The molecular formula is C24H18ClFN4O3S. The molecule has 2 N–H and O–H groups in total. The quantitative estimate of drug-likeness (QED) is 0.354. The number of nitrogens with zero attached hydrogens (tertiary/aromatic N) is 2. The molecule has 34 heavy (non-hydrogen) atoms. The van der Waals surface area contributed by atoms with Crippen LogP contribution in [0.25, 0.3) is 0 Å². The first-order valence-electron chi connectivity index (χ1n) is 10.1. The maximum atomic E-state index is 13.3. The number of benzene rings is 3. The van der Waals surface area contributed by atoms with Gasteiger partial charge in [0.05, 0.1) is 0 Å². The fourth-order valence-electron chi connectivity index (χ4n) is 2.93. The Morgan fingerprint density at radius 1 is 0.971 bits per heavy atom. The molecule has 0 aliphatic carbocycles. The summed E-state index contributed by atoms with van der Waals surface area (Å²) in [5.74, 6) is -0.545. The van der Waals surface area contributed by atoms with Crippen LogP contribution in [0.3, 0.4) is 0 Å². The average Bonchev–Trinajstić information content (AvgIpc) is 3.32. The molecule has 0 radical (unpaired) electrons. The van der Waals surface area contributed by atoms with Crippen LogP contribution in [-0.2, 0) is 13.2 Å². The lowest BCUT2D eigenvalue weighted by Crippen LogP contribution is -2.23. The lowest BCUT2D eigenvalue weighted by molar-refractivity contribution is 0.0949. The molecule has 1 aromatic heterocycles. The van der Waals surface area contributed by atoms with Crippen LogP contribution in [-0.4, -0.2) is 22.0 Å². The van der Waals surface area contributed by atoms with E-state index < -0.39 is 5.91 Å². The van der Waals surface area contributed by atoms with Crippen molar-refractivity contribution in [2.45, 2.75) is 13.2 Å². The van der Waals surface area contributed by atoms with E-state index in [9.17, 15) is 14.0 Å². The van der Waals surface area contributed by atoms with Gasteiger partial charge >= 0.3 is 0 Å². The van der Waals surface area contributed by atoms with E-state index >= 15 is 0 Å². The van der Waals surface area contributed by atoms with Crippen molar-refractivity contribution in [2.75, 3.05) is 5.32 Å². The smallest absolute Gasteiger partial charge is 0.286 e. The molecule has 0 aliphatic rings. The molecular weight excluding hydrogens is 479 g/mol. The van der Waals surface area contributed by atoms with Crippen molar-refractivity contribution in [3.8, 4) is 5.75 Å². The Morgan fingerprint density at radius 3 is 2.56 bits per heavy atom. The number of carbonyl (C=O) groups excluding carboxylic acids is 2. The fourth-order valence-corrected chi connectivity index (χ4v) is 3.71. The number of anilines is 1. The number of aromatic nitrogens is 2. The van der Waals surface area contributed by atoms with Crippen molar-refractivity contribution in [2.24, 2.45) is 0 Å². The van der Waals surface area contributed by atoms with Gasteiger partial charge in [-0.1, -0.05) is 41.1 Å². The second-order valence-electron chi connectivity index (χ2n) is 7.09. The lowest BCUT2D eigenvalue weighted by Gasteiger charge is -2.08. The van der Waals surface area contributed by atoms with Crippen LogP contribution >= 0.6 is 22.9 Å². The molecule has 0 saturated carbocycles. The Balaban J connectivity index is 1.33. The fraction of sp³-hybridized carbons (Fsp3) is 0.0833. The normalized spacial score (nSPS) is 10.5. The lowest BCUT2D eigenvalue weighted by atomic mass is 10.1. The Morgan fingerprint density at radius 2 is 1.76 bits per heavy atom. The highest BCUT2D eigenvalue weighted by molar-refractivity contribution is 7.13. The molecule has 0 fully saturated rings. The average molecular weight is 497 g/mol. The minimum atomic E-state index is -0.451. The molecule has 0 saturated heterocycles. The molecule has 172 valence electrons. The third kappa shape index (κ3) is 6.37. The summed E-state index contributed by atoms with van der Waals surface area (Å²) in [5.41, 5.74) is 1.42. The van der Waals surface area contributed by atoms with Crippen LogP contribution in [0.2, 0.25) is 5.02 Å². The third-order valence-corrected chi connectivity index (χ3v) is 5.71. The van der Waals surface area contributed by atoms with Crippen LogP contribution in [0.5, 0.6) is 5.75 Å². The molecule has 4 rings (SSSR count). The predicted octanol–water partition coefficient (Wildman–Crippen LogP) is 5.09. The molecule has 1 heterocycles. The summed E-state index contributed by atoms with van der Waals surface area (Å²) in [6, 6.07) is 19.4. The summed E-state index contributed by atoms with van der Waals surface area (Å²) < 4.78 is 18.9. The van der Waals surface area contributed by atoms with Gasteiger partial charge in [0.2, 0.25) is 5.01 Å². The predicted molar refractivity (Wildman–Crippen MR) is 128 cm³/mol. The molecule has 0 aliphatic heterocycles. The van der Waals surface area contributed by atoms with Crippen molar-refractivity contribution >= 4 is 40.4 Å². The third-order valence-electron chi connectivity index (χ3n) is 4.56. The molecule has 2 amide bonds. The zero-order valence-corrected chi connectivity index (χ0v) is 19.2. The molecule has 0 spiro atoms. The maximum absolute atomic E-state index is 13.3. The van der Waals surface area contributed by atoms with E-state index in [2.05, 4.69) is 20.8 Å². The number of amides is 2. The zero-order valence-electron chi connectivity index (χ0n) is 17.6. The summed E-state index contributed by atoms with van der Waals surface area (Å²) in [5, 5.41) is 14.6. The summed E-state index contributed by atoms with van der Waals surface area (Å²) in [4.78, 5) is 25.0. The van der Waals surface area contributed by atoms with Gasteiger partial charge in [0.15, 0.2) is 5.01 Å². The van der Waals surface area contributed by atoms with Gasteiger partial charge in [-0.15, -0.1) is 10.2 Å². The Labute approximate surface area is 203 Å². The SMILES string of the molecule is O=C(NCc1cccc(F)c1)c1cccc(NC(=O)c2nnc(COc3ccc(Cl)cc3)s2)c1. The largest absolute Gasteiger partial charge is 0.486 e. The summed E-state index contributed by atoms with van der Waals surface area (Å²) in [6.45, 7) is 0.340. The van der Waals surface area contributed by atoms with Gasteiger partial charge in [-0.3, -0.25) is 9.59 Å². The van der Waals surface area contributed by atoms with E-state index in [0.29, 0.717) is 32.6 Å². The number of nitrogens with one attached hydrogen (secondary N) is 2. The van der Waals surface area contributed by atoms with E-state index in [-0.39, 0.29) is 29.9 Å². The Hall–Kier alpha value is -3.82. The Bertz CT molecular complexity index is 1310. The highest BCUT2D eigenvalue weighted by Crippen LogP contribution is 2.19. The molecule has 7 nitrogen and oxygen atoms in total. The topological polar surface area (TPSA) is 93.2 Å². The summed E-state index contributed by atoms with van der Waals surface area (Å²) >= 11 is 6.96. The van der Waals surface area contributed by atoms with Crippen molar-refractivity contribution in [3.05, 3.63) is 105 Å². The van der Waals surface area contributed by atoms with Gasteiger partial charge in [-0.2, -0.15) is 0 Å². The second-order valence-corrected chi connectivity index (χ2v) is 8.59. The van der Waals surface area contributed by atoms with E-state index in [0.717, 1.165) is 11.3 Å². The highest BCUT2D eigenvalue weighted by atomic mass is 35.5. The number of ether oxygens (including phenoxy) is 1. The van der Waals surface area contributed by atoms with Gasteiger partial charge in [0.25, 0.3) is 11.8 Å². The van der Waals surface area contributed by atoms with E-state index in [1.807, 2.05) is 0 Å². The molecule has 0 bridgehead atoms. The van der Waals surface area contributed by atoms with Crippen molar-refractivity contribution in [1.82, 2.24) is 15.5 Å². The van der Waals surface area contributed by atoms with Gasteiger partial charge in [-0.25, -0.2) is 4.39 Å². The van der Waals surface area contributed by atoms with E-state index in [1.165, 1.54) is 12.1 Å². The zero-order chi connectivity index (χ0) is 23.9. The first-order valence-corrected chi connectivity index (χ1v) is 11.3. The molecule has 0 atom stereocenters. The molecule has 4 aromatic rings. The molecule has 10 heteroatoms. The number of hydrogen-bond donors (Lipinski definition) is 2. The first kappa shape index (κ1) is 23.3. The number of halogens is 2. The van der Waals surface area contributed by atoms with Crippen LogP contribution in [0, 0.1) is 5.82 Å². The van der Waals surface area contributed by atoms with E-state index in [1.54, 1.807) is 60.7 Å². The highest BCUT2D eigenvalue weighted by Gasteiger charge is 2.15. The minimum Gasteiger partial charge on any atom is -0.486 e. The van der Waals surface area contributed by atoms with Crippen molar-refractivity contribution < 1.29 is 18.7 Å². The van der Waals surface area contributed by atoms with Gasteiger partial charge in [0.1, 0.15) is 18.2 Å². The number of hydrogen-bond acceptors (Lipinski definition) is 6. The summed E-state index contributed by atoms with van der Waals surface area (Å²) in [6.07, 6.45) is 0. The monoisotopic (exact) mass is 496 g/mol. The number of rotatable bonds is 8. The Kier molecular flexibility index (Phi) is 7.46. The minimum absolute atomic E-state index is 0.160. The van der Waals surface area contributed by atoms with Crippen molar-refractivity contribution in [3.63, 3.8) is 0 Å². The second kappa shape index (κ2) is 10.9. The summed E-state index contributed by atoms with van der Waals surface area (Å²) in [7, 11) is 0. The van der Waals surface area contributed by atoms with Gasteiger partial charge in [-0.05, 0) is 60.2 Å². The van der Waals surface area contributed by atoms with Crippen molar-refractivity contribution in [1.29, 1.82) is 0 Å². The first-order chi connectivity index (χ1) is 16.5. The van der Waals surface area contributed by atoms with Crippen LogP contribution in [0.4, 0.5) is 10.1 Å². The standard InChI is InChI=1S/C24H18ClFN4O3S/c25-17-7-9-20(10-8-17)33-14-21-29-30-24(34-21)23(32)28-19-6-2-4-16(12-19)22(31)27-13-15-3-1-5-18(26)11-15/h1-12H,13-14H2,(H,27,31)(H,28,32). The number of carbonyl (C=O) groups is 2.